The van der Waals surface area contributed by atoms with Gasteiger partial charge >= 0.3 is 0 Å². The highest BCUT2D eigenvalue weighted by Gasteiger charge is 2.20. The quantitative estimate of drug-likeness (QED) is 0.614. The molecular formula is C21H18N4. The molecule has 4 aromatic rings. The number of aromatic nitrogens is 3. The normalized spacial score (nSPS) is 13.4. The van der Waals surface area contributed by atoms with Crippen LogP contribution in [0.15, 0.2) is 67.3 Å². The molecular weight excluding hydrogens is 308 g/mol. The van der Waals surface area contributed by atoms with Gasteiger partial charge in [-0.3, -0.25) is 4.98 Å². The van der Waals surface area contributed by atoms with E-state index in [4.69, 9.17) is 0 Å². The van der Waals surface area contributed by atoms with Gasteiger partial charge in [0, 0.05) is 35.6 Å². The van der Waals surface area contributed by atoms with Crippen molar-refractivity contribution < 1.29 is 0 Å². The maximum absolute atomic E-state index is 4.60. The van der Waals surface area contributed by atoms with Gasteiger partial charge in [-0.25, -0.2) is 4.98 Å². The number of anilines is 1. The van der Waals surface area contributed by atoms with E-state index in [1.165, 1.54) is 22.2 Å². The lowest BCUT2D eigenvalue weighted by molar-refractivity contribution is 0.819. The van der Waals surface area contributed by atoms with Gasteiger partial charge in [-0.05, 0) is 35.7 Å². The molecule has 1 aliphatic heterocycles. The molecule has 0 amide bonds. The Morgan fingerprint density at radius 1 is 1.00 bits per heavy atom. The summed E-state index contributed by atoms with van der Waals surface area (Å²) in [5.74, 6) is 0. The van der Waals surface area contributed by atoms with E-state index in [-0.39, 0.29) is 0 Å². The molecule has 5 rings (SSSR count). The van der Waals surface area contributed by atoms with Crippen LogP contribution in [-0.4, -0.2) is 21.5 Å². The predicted molar refractivity (Wildman–Crippen MR) is 101 cm³/mol. The van der Waals surface area contributed by atoms with Crippen LogP contribution < -0.4 is 4.90 Å². The maximum Gasteiger partial charge on any atom is 0.0922 e. The fraction of sp³-hybridized carbons (Fsp3) is 0.143. The zero-order chi connectivity index (χ0) is 16.6. The molecule has 0 bridgehead atoms. The Morgan fingerprint density at radius 3 is 2.88 bits per heavy atom. The molecule has 0 fully saturated rings. The van der Waals surface area contributed by atoms with Crippen molar-refractivity contribution in [2.75, 3.05) is 11.4 Å². The number of pyridine rings is 1. The number of nitrogens with one attached hydrogen (secondary N) is 1. The number of imidazole rings is 1. The first kappa shape index (κ1) is 14.2. The van der Waals surface area contributed by atoms with Crippen LogP contribution >= 0.6 is 0 Å². The Bertz CT molecular complexity index is 1040. The summed E-state index contributed by atoms with van der Waals surface area (Å²) < 4.78 is 0. The van der Waals surface area contributed by atoms with Crippen molar-refractivity contribution in [1.29, 1.82) is 0 Å². The van der Waals surface area contributed by atoms with E-state index in [1.807, 2.05) is 24.5 Å². The molecule has 0 spiro atoms. The number of H-pyrrole nitrogens is 1. The number of hydrogen-bond donors (Lipinski definition) is 1. The number of benzene rings is 2. The summed E-state index contributed by atoms with van der Waals surface area (Å²) in [5.41, 5.74) is 7.29. The Kier molecular flexibility index (Phi) is 3.27. The number of fused-ring (bicyclic) bond motifs is 2. The fourth-order valence-electron chi connectivity index (χ4n) is 3.59. The molecule has 2 aromatic heterocycles. The Hall–Kier alpha value is -3.14. The van der Waals surface area contributed by atoms with E-state index in [2.05, 4.69) is 56.3 Å². The van der Waals surface area contributed by atoms with Gasteiger partial charge in [0.15, 0.2) is 0 Å². The Morgan fingerprint density at radius 2 is 1.96 bits per heavy atom. The van der Waals surface area contributed by atoms with Crippen molar-refractivity contribution in [3.05, 3.63) is 78.5 Å². The third-order valence-electron chi connectivity index (χ3n) is 4.92. The third-order valence-corrected chi connectivity index (χ3v) is 4.92. The van der Waals surface area contributed by atoms with Crippen LogP contribution in [0, 0.1) is 0 Å². The van der Waals surface area contributed by atoms with Gasteiger partial charge in [-0.15, -0.1) is 0 Å². The molecule has 0 saturated heterocycles. The fourth-order valence-corrected chi connectivity index (χ4v) is 3.59. The van der Waals surface area contributed by atoms with E-state index in [0.29, 0.717) is 0 Å². The van der Waals surface area contributed by atoms with Crippen LogP contribution in [0.2, 0.25) is 0 Å². The number of para-hydroxylation sites is 1. The molecule has 0 aliphatic carbocycles. The van der Waals surface area contributed by atoms with Gasteiger partial charge in [0.1, 0.15) is 0 Å². The summed E-state index contributed by atoms with van der Waals surface area (Å²) in [6.07, 6.45) is 6.70. The second-order valence-corrected chi connectivity index (χ2v) is 6.51. The number of aromatic amines is 1. The van der Waals surface area contributed by atoms with E-state index >= 15 is 0 Å². The molecule has 0 radical (unpaired) electrons. The number of hydrogen-bond acceptors (Lipinski definition) is 3. The highest BCUT2D eigenvalue weighted by atomic mass is 15.2. The van der Waals surface area contributed by atoms with Gasteiger partial charge in [0.25, 0.3) is 0 Å². The third kappa shape index (κ3) is 2.56. The lowest BCUT2D eigenvalue weighted by atomic mass is 10.0. The van der Waals surface area contributed by atoms with Crippen LogP contribution in [0.3, 0.4) is 0 Å². The average molecular weight is 326 g/mol. The summed E-state index contributed by atoms with van der Waals surface area (Å²) in [5, 5.41) is 1.18. The minimum Gasteiger partial charge on any atom is -0.365 e. The second kappa shape index (κ2) is 5.74. The molecule has 0 atom stereocenters. The highest BCUT2D eigenvalue weighted by Crippen LogP contribution is 2.34. The van der Waals surface area contributed by atoms with Crippen molar-refractivity contribution in [2.45, 2.75) is 13.0 Å². The smallest absolute Gasteiger partial charge is 0.0922 e. The molecule has 1 aliphatic rings. The highest BCUT2D eigenvalue weighted by molar-refractivity contribution is 5.84. The van der Waals surface area contributed by atoms with E-state index in [9.17, 15) is 0 Å². The summed E-state index contributed by atoms with van der Waals surface area (Å²) in [6.45, 7) is 1.92. The minimum absolute atomic E-state index is 0.867. The first-order valence-electron chi connectivity index (χ1n) is 8.57. The monoisotopic (exact) mass is 326 g/mol. The zero-order valence-corrected chi connectivity index (χ0v) is 13.8. The van der Waals surface area contributed by atoms with Gasteiger partial charge in [0.2, 0.25) is 0 Å². The van der Waals surface area contributed by atoms with E-state index in [1.54, 1.807) is 6.33 Å². The first-order valence-corrected chi connectivity index (χ1v) is 8.57. The lowest BCUT2D eigenvalue weighted by Gasteiger charge is -2.19. The average Bonchev–Trinajstić information content (AvgIpc) is 3.31. The number of rotatable bonds is 3. The van der Waals surface area contributed by atoms with Crippen LogP contribution in [0.4, 0.5) is 5.69 Å². The molecule has 122 valence electrons. The van der Waals surface area contributed by atoms with Crippen molar-refractivity contribution in [3.63, 3.8) is 0 Å². The van der Waals surface area contributed by atoms with Crippen molar-refractivity contribution in [2.24, 2.45) is 0 Å². The van der Waals surface area contributed by atoms with Crippen molar-refractivity contribution >= 4 is 16.6 Å². The Labute approximate surface area is 146 Å². The van der Waals surface area contributed by atoms with Gasteiger partial charge in [0.05, 0.1) is 24.1 Å². The van der Waals surface area contributed by atoms with Crippen molar-refractivity contribution in [1.82, 2.24) is 15.0 Å². The summed E-state index contributed by atoms with van der Waals surface area (Å²) in [7, 11) is 0. The van der Waals surface area contributed by atoms with Crippen LogP contribution in [-0.2, 0) is 13.0 Å². The lowest BCUT2D eigenvalue weighted by Crippen LogP contribution is -2.19. The molecule has 0 unspecified atom stereocenters. The maximum atomic E-state index is 4.60. The van der Waals surface area contributed by atoms with E-state index in [0.717, 1.165) is 36.3 Å². The second-order valence-electron chi connectivity index (χ2n) is 6.51. The molecule has 0 saturated carbocycles. The topological polar surface area (TPSA) is 44.8 Å². The molecule has 2 aromatic carbocycles. The van der Waals surface area contributed by atoms with Crippen LogP contribution in [0.1, 0.15) is 11.3 Å². The van der Waals surface area contributed by atoms with Gasteiger partial charge in [-0.1, -0.05) is 30.3 Å². The van der Waals surface area contributed by atoms with Gasteiger partial charge in [-0.2, -0.15) is 0 Å². The van der Waals surface area contributed by atoms with Crippen LogP contribution in [0.5, 0.6) is 0 Å². The molecule has 1 N–H and O–H groups in total. The van der Waals surface area contributed by atoms with Gasteiger partial charge < -0.3 is 9.88 Å². The summed E-state index contributed by atoms with van der Waals surface area (Å²) in [6, 6.07) is 17.2. The zero-order valence-electron chi connectivity index (χ0n) is 13.8. The number of nitrogens with zero attached hydrogens (tertiary/aromatic N) is 3. The Balaban J connectivity index is 1.52. The standard InChI is InChI=1S/C21H18N4/c1-2-4-20-17(3-1)9-18(11-23-20)16-6-5-15-7-8-25(21(15)10-16)13-19-12-22-14-24-19/h1-6,9-12,14H,7-8,13H2,(H,22,24). The molecule has 25 heavy (non-hydrogen) atoms. The first-order chi connectivity index (χ1) is 12.4. The molecule has 3 heterocycles. The minimum atomic E-state index is 0.867. The van der Waals surface area contributed by atoms with Crippen LogP contribution in [0.25, 0.3) is 22.0 Å². The largest absolute Gasteiger partial charge is 0.365 e. The SMILES string of the molecule is c1ccc2ncc(-c3ccc4c(c3)N(Cc3cnc[nH]3)CC4)cc2c1. The molecule has 4 heteroatoms. The van der Waals surface area contributed by atoms with E-state index < -0.39 is 0 Å². The van der Waals surface area contributed by atoms with Crippen molar-refractivity contribution in [3.8, 4) is 11.1 Å². The summed E-state index contributed by atoms with van der Waals surface area (Å²) in [4.78, 5) is 14.3. The molecule has 4 nitrogen and oxygen atoms in total. The summed E-state index contributed by atoms with van der Waals surface area (Å²) >= 11 is 0. The predicted octanol–water partition coefficient (Wildman–Crippen LogP) is 4.19.